The zero-order chi connectivity index (χ0) is 17.5. The number of hydrogen-bond donors (Lipinski definition) is 0. The van der Waals surface area contributed by atoms with Crippen LogP contribution < -0.4 is 4.74 Å². The van der Waals surface area contributed by atoms with Gasteiger partial charge in [0.25, 0.3) is 5.69 Å². The summed E-state index contributed by atoms with van der Waals surface area (Å²) in [5.41, 5.74) is 0.0363. The number of hydrogen-bond acceptors (Lipinski definition) is 6. The van der Waals surface area contributed by atoms with Gasteiger partial charge < -0.3 is 4.74 Å². The normalized spacial score (nSPS) is 22.7. The second-order valence-electron chi connectivity index (χ2n) is 6.33. The number of sulfone groups is 1. The molecule has 3 rings (SSSR count). The Bertz CT molecular complexity index is 763. The van der Waals surface area contributed by atoms with Gasteiger partial charge in [0, 0.05) is 24.2 Å². The maximum Gasteiger partial charge on any atom is 0.277 e. The molecule has 2 fully saturated rings. The molecular formula is C15H19FN2O5S. The van der Waals surface area contributed by atoms with Crippen LogP contribution >= 0.6 is 0 Å². The summed E-state index contributed by atoms with van der Waals surface area (Å²) in [6.45, 7) is 0.220. The van der Waals surface area contributed by atoms with Crippen molar-refractivity contribution in [1.82, 2.24) is 4.90 Å². The molecule has 1 atom stereocenters. The highest BCUT2D eigenvalue weighted by Gasteiger charge is 2.40. The summed E-state index contributed by atoms with van der Waals surface area (Å²) in [6, 6.07) is 2.30. The molecule has 2 aliphatic rings. The summed E-state index contributed by atoms with van der Waals surface area (Å²) in [5.74, 6) is -0.606. The number of rotatable bonds is 6. The van der Waals surface area contributed by atoms with Crippen LogP contribution in [0.15, 0.2) is 12.1 Å². The maximum absolute atomic E-state index is 13.8. The Morgan fingerprint density at radius 3 is 2.54 bits per heavy atom. The molecule has 1 saturated heterocycles. The van der Waals surface area contributed by atoms with Crippen LogP contribution in [0.1, 0.15) is 24.8 Å². The minimum Gasteiger partial charge on any atom is -0.494 e. The van der Waals surface area contributed by atoms with Gasteiger partial charge in [0.1, 0.15) is 0 Å². The molecule has 1 aromatic rings. The fraction of sp³-hybridized carbons (Fsp3) is 0.600. The fourth-order valence-corrected chi connectivity index (χ4v) is 4.98. The van der Waals surface area contributed by atoms with E-state index in [1.807, 2.05) is 4.90 Å². The quantitative estimate of drug-likeness (QED) is 0.570. The van der Waals surface area contributed by atoms with Crippen molar-refractivity contribution in [3.05, 3.63) is 33.6 Å². The summed E-state index contributed by atoms with van der Waals surface area (Å²) < 4.78 is 42.2. The van der Waals surface area contributed by atoms with Crippen LogP contribution in [-0.2, 0) is 16.4 Å². The first-order valence-corrected chi connectivity index (χ1v) is 9.60. The zero-order valence-electron chi connectivity index (χ0n) is 13.3. The van der Waals surface area contributed by atoms with Crippen molar-refractivity contribution in [3.63, 3.8) is 0 Å². The molecule has 1 aliphatic carbocycles. The lowest BCUT2D eigenvalue weighted by Gasteiger charge is -2.28. The van der Waals surface area contributed by atoms with E-state index in [-0.39, 0.29) is 41.6 Å². The molecule has 7 nitrogen and oxygen atoms in total. The predicted molar refractivity (Wildman–Crippen MR) is 85.2 cm³/mol. The Balaban J connectivity index is 1.91. The van der Waals surface area contributed by atoms with Crippen molar-refractivity contribution in [2.45, 2.75) is 37.9 Å². The second-order valence-corrected chi connectivity index (χ2v) is 8.56. The van der Waals surface area contributed by atoms with E-state index in [0.717, 1.165) is 18.9 Å². The lowest BCUT2D eigenvalue weighted by atomic mass is 10.1. The zero-order valence-corrected chi connectivity index (χ0v) is 14.1. The molecule has 0 aromatic heterocycles. The summed E-state index contributed by atoms with van der Waals surface area (Å²) in [4.78, 5) is 12.6. The summed E-state index contributed by atoms with van der Waals surface area (Å²) >= 11 is 0. The van der Waals surface area contributed by atoms with Crippen LogP contribution in [0.25, 0.3) is 0 Å². The first kappa shape index (κ1) is 17.1. The minimum absolute atomic E-state index is 0.0506. The van der Waals surface area contributed by atoms with E-state index in [9.17, 15) is 22.9 Å². The van der Waals surface area contributed by atoms with Crippen molar-refractivity contribution < 1.29 is 22.5 Å². The van der Waals surface area contributed by atoms with Gasteiger partial charge >= 0.3 is 0 Å². The molecule has 1 aliphatic heterocycles. The summed E-state index contributed by atoms with van der Waals surface area (Å²) in [5, 5.41) is 11.2. The molecule has 24 heavy (non-hydrogen) atoms. The predicted octanol–water partition coefficient (Wildman–Crippen LogP) is 1.89. The molecule has 1 heterocycles. The average Bonchev–Trinajstić information content (AvgIpc) is 3.28. The van der Waals surface area contributed by atoms with E-state index in [0.29, 0.717) is 12.0 Å². The third-order valence-electron chi connectivity index (χ3n) is 4.60. The molecule has 0 amide bonds. The van der Waals surface area contributed by atoms with Gasteiger partial charge in [-0.25, -0.2) is 12.8 Å². The summed E-state index contributed by atoms with van der Waals surface area (Å²) in [7, 11) is -1.74. The van der Waals surface area contributed by atoms with E-state index < -0.39 is 20.6 Å². The topological polar surface area (TPSA) is 89.8 Å². The standard InChI is InChI=1S/C15H19FN2O5S/c1-23-15-6-10(14(18(19)20)7-13(15)16)8-17(11-2-3-11)12-4-5-24(21,22)9-12/h6-7,11-12H,2-5,8-9H2,1H3. The van der Waals surface area contributed by atoms with Gasteiger partial charge in [-0.3, -0.25) is 15.0 Å². The number of methoxy groups -OCH3 is 1. The van der Waals surface area contributed by atoms with Crippen molar-refractivity contribution in [2.75, 3.05) is 18.6 Å². The highest BCUT2D eigenvalue weighted by atomic mass is 32.2. The fourth-order valence-electron chi connectivity index (χ4n) is 3.23. The highest BCUT2D eigenvalue weighted by Crippen LogP contribution is 2.36. The molecule has 0 spiro atoms. The van der Waals surface area contributed by atoms with Crippen LogP contribution in [0.3, 0.4) is 0 Å². The van der Waals surface area contributed by atoms with Gasteiger partial charge in [-0.05, 0) is 25.3 Å². The first-order valence-electron chi connectivity index (χ1n) is 7.77. The second kappa shape index (κ2) is 6.29. The number of nitrogens with zero attached hydrogens (tertiary/aromatic N) is 2. The van der Waals surface area contributed by atoms with E-state index in [1.54, 1.807) is 0 Å². The minimum atomic E-state index is -3.04. The molecule has 132 valence electrons. The molecule has 1 saturated carbocycles. The SMILES string of the molecule is COc1cc(CN(C2CC2)C2CCS(=O)(=O)C2)c([N+](=O)[O-])cc1F. The van der Waals surface area contributed by atoms with Gasteiger partial charge in [-0.15, -0.1) is 0 Å². The smallest absolute Gasteiger partial charge is 0.277 e. The third-order valence-corrected chi connectivity index (χ3v) is 6.35. The van der Waals surface area contributed by atoms with E-state index in [2.05, 4.69) is 0 Å². The van der Waals surface area contributed by atoms with E-state index >= 15 is 0 Å². The Kier molecular flexibility index (Phi) is 4.48. The van der Waals surface area contributed by atoms with Crippen LogP contribution in [0.5, 0.6) is 5.75 Å². The number of halogens is 1. The highest BCUT2D eigenvalue weighted by molar-refractivity contribution is 7.91. The molecule has 0 N–H and O–H groups in total. The van der Waals surface area contributed by atoms with Crippen molar-refractivity contribution in [3.8, 4) is 5.75 Å². The van der Waals surface area contributed by atoms with Gasteiger partial charge in [-0.1, -0.05) is 0 Å². The molecular weight excluding hydrogens is 339 g/mol. The number of benzene rings is 1. The Morgan fingerprint density at radius 1 is 1.33 bits per heavy atom. The summed E-state index contributed by atoms with van der Waals surface area (Å²) in [6.07, 6.45) is 2.43. The number of nitro benzene ring substituents is 1. The molecule has 1 aromatic carbocycles. The third kappa shape index (κ3) is 3.51. The monoisotopic (exact) mass is 358 g/mol. The Morgan fingerprint density at radius 2 is 2.04 bits per heavy atom. The molecule has 1 unspecified atom stereocenters. The molecule has 9 heteroatoms. The Hall–Kier alpha value is -1.74. The van der Waals surface area contributed by atoms with Crippen molar-refractivity contribution in [1.29, 1.82) is 0 Å². The van der Waals surface area contributed by atoms with Crippen LogP contribution in [0.4, 0.5) is 10.1 Å². The van der Waals surface area contributed by atoms with Crippen LogP contribution in [0.2, 0.25) is 0 Å². The van der Waals surface area contributed by atoms with Crippen molar-refractivity contribution in [2.24, 2.45) is 0 Å². The lowest BCUT2D eigenvalue weighted by Crippen LogP contribution is -2.37. The van der Waals surface area contributed by atoms with E-state index in [4.69, 9.17) is 4.74 Å². The largest absolute Gasteiger partial charge is 0.494 e. The Labute approximate surface area is 139 Å². The van der Waals surface area contributed by atoms with Crippen LogP contribution in [0, 0.1) is 15.9 Å². The lowest BCUT2D eigenvalue weighted by molar-refractivity contribution is -0.386. The van der Waals surface area contributed by atoms with Crippen LogP contribution in [-0.4, -0.2) is 48.9 Å². The van der Waals surface area contributed by atoms with Gasteiger partial charge in [0.05, 0.1) is 29.6 Å². The number of ether oxygens (including phenoxy) is 1. The van der Waals surface area contributed by atoms with Crippen molar-refractivity contribution >= 4 is 15.5 Å². The first-order chi connectivity index (χ1) is 11.3. The molecule has 0 bridgehead atoms. The number of nitro groups is 1. The maximum atomic E-state index is 13.8. The van der Waals surface area contributed by atoms with E-state index in [1.165, 1.54) is 13.2 Å². The van der Waals surface area contributed by atoms with Gasteiger partial charge in [-0.2, -0.15) is 0 Å². The van der Waals surface area contributed by atoms with Gasteiger partial charge in [0.2, 0.25) is 0 Å². The van der Waals surface area contributed by atoms with Gasteiger partial charge in [0.15, 0.2) is 21.4 Å². The average molecular weight is 358 g/mol. The molecule has 0 radical (unpaired) electrons.